The Morgan fingerprint density at radius 1 is 1.00 bits per heavy atom. The zero-order chi connectivity index (χ0) is 14.1. The summed E-state index contributed by atoms with van der Waals surface area (Å²) in [5, 5.41) is 1.39. The molecular formula is C14H7BrCl2N2O. The van der Waals surface area contributed by atoms with Gasteiger partial charge in [-0.05, 0) is 41.9 Å². The summed E-state index contributed by atoms with van der Waals surface area (Å²) in [5.41, 5.74) is 0.718. The number of aromatic nitrogens is 2. The molecule has 0 radical (unpaired) electrons. The molecule has 1 aromatic heterocycles. The first-order valence-electron chi connectivity index (χ1n) is 5.69. The normalized spacial score (nSPS) is 10.8. The highest BCUT2D eigenvalue weighted by Crippen LogP contribution is 2.34. The van der Waals surface area contributed by atoms with E-state index in [2.05, 4.69) is 25.9 Å². The topological polar surface area (TPSA) is 35.0 Å². The molecule has 20 heavy (non-hydrogen) atoms. The maximum absolute atomic E-state index is 6.14. The van der Waals surface area contributed by atoms with Crippen molar-refractivity contribution in [2.45, 2.75) is 0 Å². The standard InChI is InChI=1S/C14H7BrCl2N2O/c15-8-5-6-12(10(16)7-8)20-13-9-3-1-2-4-11(9)18-14(17)19-13/h1-7H. The monoisotopic (exact) mass is 368 g/mol. The number of rotatable bonds is 2. The third-order valence-electron chi connectivity index (χ3n) is 2.64. The van der Waals surface area contributed by atoms with Gasteiger partial charge in [-0.3, -0.25) is 0 Å². The lowest BCUT2D eigenvalue weighted by molar-refractivity contribution is 0.468. The van der Waals surface area contributed by atoms with E-state index in [0.29, 0.717) is 16.7 Å². The zero-order valence-electron chi connectivity index (χ0n) is 9.98. The van der Waals surface area contributed by atoms with Crippen molar-refractivity contribution in [1.29, 1.82) is 0 Å². The van der Waals surface area contributed by atoms with Crippen LogP contribution >= 0.6 is 39.1 Å². The van der Waals surface area contributed by atoms with Crippen molar-refractivity contribution in [2.75, 3.05) is 0 Å². The van der Waals surface area contributed by atoms with E-state index in [1.165, 1.54) is 0 Å². The Morgan fingerprint density at radius 2 is 1.80 bits per heavy atom. The van der Waals surface area contributed by atoms with Crippen molar-refractivity contribution in [3.8, 4) is 11.6 Å². The summed E-state index contributed by atoms with van der Waals surface area (Å²) < 4.78 is 6.65. The summed E-state index contributed by atoms with van der Waals surface area (Å²) in [4.78, 5) is 8.27. The van der Waals surface area contributed by atoms with Gasteiger partial charge in [-0.25, -0.2) is 4.98 Å². The Hall–Kier alpha value is -1.36. The number of halogens is 3. The van der Waals surface area contributed by atoms with Crippen LogP contribution in [0.5, 0.6) is 11.6 Å². The fourth-order valence-electron chi connectivity index (χ4n) is 1.76. The fourth-order valence-corrected chi connectivity index (χ4v) is 2.64. The molecule has 0 N–H and O–H groups in total. The van der Waals surface area contributed by atoms with Gasteiger partial charge in [0.05, 0.1) is 15.9 Å². The van der Waals surface area contributed by atoms with Crippen LogP contribution in [0.4, 0.5) is 0 Å². The van der Waals surface area contributed by atoms with Gasteiger partial charge in [-0.15, -0.1) is 0 Å². The molecule has 0 fully saturated rings. The first-order chi connectivity index (χ1) is 9.63. The van der Waals surface area contributed by atoms with Gasteiger partial charge in [0.2, 0.25) is 11.2 Å². The van der Waals surface area contributed by atoms with Gasteiger partial charge in [0.25, 0.3) is 0 Å². The Labute approximate surface area is 133 Å². The smallest absolute Gasteiger partial charge is 0.231 e. The van der Waals surface area contributed by atoms with Crippen LogP contribution in [-0.2, 0) is 0 Å². The Balaban J connectivity index is 2.10. The highest BCUT2D eigenvalue weighted by atomic mass is 79.9. The molecule has 0 unspecified atom stereocenters. The van der Waals surface area contributed by atoms with Crippen LogP contribution in [-0.4, -0.2) is 9.97 Å². The third-order valence-corrected chi connectivity index (χ3v) is 3.60. The van der Waals surface area contributed by atoms with Gasteiger partial charge in [0.15, 0.2) is 0 Å². The van der Waals surface area contributed by atoms with Gasteiger partial charge in [-0.1, -0.05) is 39.7 Å². The van der Waals surface area contributed by atoms with Gasteiger partial charge in [0, 0.05) is 4.47 Å². The molecule has 1 heterocycles. The molecule has 100 valence electrons. The number of benzene rings is 2. The molecule has 6 heteroatoms. The maximum Gasteiger partial charge on any atom is 0.231 e. The van der Waals surface area contributed by atoms with Crippen molar-refractivity contribution in [2.24, 2.45) is 0 Å². The molecule has 0 amide bonds. The SMILES string of the molecule is Clc1nc(Oc2ccc(Br)cc2Cl)c2ccccc2n1. The average Bonchev–Trinajstić information content (AvgIpc) is 2.41. The molecule has 0 aliphatic rings. The lowest BCUT2D eigenvalue weighted by atomic mass is 10.2. The zero-order valence-corrected chi connectivity index (χ0v) is 13.1. The predicted molar refractivity (Wildman–Crippen MR) is 83.8 cm³/mol. The minimum atomic E-state index is 0.131. The van der Waals surface area contributed by atoms with Crippen LogP contribution in [0.3, 0.4) is 0 Å². The first kappa shape index (κ1) is 13.6. The van der Waals surface area contributed by atoms with E-state index in [4.69, 9.17) is 27.9 Å². The van der Waals surface area contributed by atoms with E-state index in [0.717, 1.165) is 15.4 Å². The van der Waals surface area contributed by atoms with E-state index in [9.17, 15) is 0 Å². The molecular weight excluding hydrogens is 363 g/mol. The highest BCUT2D eigenvalue weighted by molar-refractivity contribution is 9.10. The molecule has 0 saturated carbocycles. The molecule has 3 nitrogen and oxygen atoms in total. The van der Waals surface area contributed by atoms with Gasteiger partial charge >= 0.3 is 0 Å². The second-order valence-corrected chi connectivity index (χ2v) is 5.65. The van der Waals surface area contributed by atoms with Crippen LogP contribution in [0.2, 0.25) is 10.3 Å². The van der Waals surface area contributed by atoms with E-state index in [1.807, 2.05) is 30.3 Å². The van der Waals surface area contributed by atoms with E-state index < -0.39 is 0 Å². The summed E-state index contributed by atoms with van der Waals surface area (Å²) in [6, 6.07) is 12.8. The fraction of sp³-hybridized carbons (Fsp3) is 0. The van der Waals surface area contributed by atoms with Crippen LogP contribution in [0.15, 0.2) is 46.9 Å². The lowest BCUT2D eigenvalue weighted by Gasteiger charge is -2.09. The number of fused-ring (bicyclic) bond motifs is 1. The molecule has 0 bridgehead atoms. The largest absolute Gasteiger partial charge is 0.437 e. The summed E-state index contributed by atoms with van der Waals surface area (Å²) in [6.45, 7) is 0. The molecule has 0 aliphatic carbocycles. The molecule has 0 atom stereocenters. The number of ether oxygens (including phenoxy) is 1. The van der Waals surface area contributed by atoms with E-state index in [1.54, 1.807) is 12.1 Å². The predicted octanol–water partition coefficient (Wildman–Crippen LogP) is 5.49. The Bertz CT molecular complexity index is 795. The summed E-state index contributed by atoms with van der Waals surface area (Å²) >= 11 is 15.4. The average molecular weight is 370 g/mol. The van der Waals surface area contributed by atoms with E-state index in [-0.39, 0.29) is 5.28 Å². The molecule has 3 aromatic rings. The van der Waals surface area contributed by atoms with Crippen molar-refractivity contribution in [1.82, 2.24) is 9.97 Å². The minimum absolute atomic E-state index is 0.131. The van der Waals surface area contributed by atoms with Crippen molar-refractivity contribution in [3.63, 3.8) is 0 Å². The maximum atomic E-state index is 6.14. The highest BCUT2D eigenvalue weighted by Gasteiger charge is 2.10. The molecule has 0 spiro atoms. The summed E-state index contributed by atoms with van der Waals surface area (Å²) in [6.07, 6.45) is 0. The second kappa shape index (κ2) is 5.56. The molecule has 0 saturated heterocycles. The summed E-state index contributed by atoms with van der Waals surface area (Å²) in [5.74, 6) is 0.889. The Kier molecular flexibility index (Phi) is 3.78. The van der Waals surface area contributed by atoms with Crippen LogP contribution in [0, 0.1) is 0 Å². The van der Waals surface area contributed by atoms with Crippen LogP contribution < -0.4 is 4.74 Å². The van der Waals surface area contributed by atoms with Crippen LogP contribution in [0.25, 0.3) is 10.9 Å². The minimum Gasteiger partial charge on any atom is -0.437 e. The lowest BCUT2D eigenvalue weighted by Crippen LogP contribution is -1.93. The molecule has 3 rings (SSSR count). The third kappa shape index (κ3) is 2.73. The number of hydrogen-bond donors (Lipinski definition) is 0. The second-order valence-electron chi connectivity index (χ2n) is 3.99. The quantitative estimate of drug-likeness (QED) is 0.560. The van der Waals surface area contributed by atoms with Gasteiger partial charge in [-0.2, -0.15) is 4.98 Å². The van der Waals surface area contributed by atoms with Gasteiger partial charge in [0.1, 0.15) is 5.75 Å². The van der Waals surface area contributed by atoms with Crippen LogP contribution in [0.1, 0.15) is 0 Å². The van der Waals surface area contributed by atoms with Gasteiger partial charge < -0.3 is 4.74 Å². The summed E-state index contributed by atoms with van der Waals surface area (Å²) in [7, 11) is 0. The first-order valence-corrected chi connectivity index (χ1v) is 7.23. The molecule has 0 aliphatic heterocycles. The van der Waals surface area contributed by atoms with Crippen molar-refractivity contribution in [3.05, 3.63) is 57.2 Å². The van der Waals surface area contributed by atoms with E-state index >= 15 is 0 Å². The number of nitrogens with zero attached hydrogens (tertiary/aromatic N) is 2. The number of para-hydroxylation sites is 1. The van der Waals surface area contributed by atoms with Crippen molar-refractivity contribution < 1.29 is 4.74 Å². The van der Waals surface area contributed by atoms with Crippen molar-refractivity contribution >= 4 is 50.0 Å². The Morgan fingerprint density at radius 3 is 2.60 bits per heavy atom. The molecule has 2 aromatic carbocycles. The number of hydrogen-bond acceptors (Lipinski definition) is 3.